The van der Waals surface area contributed by atoms with Gasteiger partial charge in [0.05, 0.1) is 13.0 Å². The summed E-state index contributed by atoms with van der Waals surface area (Å²) in [5, 5.41) is 9.36. The molecule has 3 heteroatoms. The molecular weight excluding hydrogens is 204 g/mol. The zero-order valence-electron chi connectivity index (χ0n) is 9.56. The van der Waals surface area contributed by atoms with Crippen LogP contribution in [0.4, 0.5) is 0 Å². The van der Waals surface area contributed by atoms with E-state index in [9.17, 15) is 9.90 Å². The zero-order valence-corrected chi connectivity index (χ0v) is 9.56. The zero-order chi connectivity index (χ0) is 12.0. The van der Waals surface area contributed by atoms with E-state index in [4.69, 9.17) is 4.74 Å². The highest BCUT2D eigenvalue weighted by molar-refractivity contribution is 5.72. The molecule has 86 valence electrons. The molecule has 0 unspecified atom stereocenters. The Bertz CT molecular complexity index is 374. The van der Waals surface area contributed by atoms with Crippen molar-refractivity contribution in [2.75, 3.05) is 6.61 Å². The third-order valence-electron chi connectivity index (χ3n) is 1.98. The van der Waals surface area contributed by atoms with Crippen molar-refractivity contribution < 1.29 is 14.6 Å². The summed E-state index contributed by atoms with van der Waals surface area (Å²) in [4.78, 5) is 11.0. The fourth-order valence-electron chi connectivity index (χ4n) is 1.40. The molecule has 0 aliphatic heterocycles. The van der Waals surface area contributed by atoms with E-state index in [0.717, 1.165) is 11.1 Å². The first kappa shape index (κ1) is 12.3. The minimum absolute atomic E-state index is 0.232. The molecule has 1 N–H and O–H groups in total. The van der Waals surface area contributed by atoms with Crippen LogP contribution in [0, 0.1) is 6.92 Å². The number of phenolic OH excluding ortho intramolecular Hbond substituents is 1. The smallest absolute Gasteiger partial charge is 0.309 e. The molecular formula is C13H16O3. The number of aromatic hydroxyl groups is 1. The SMILES string of the molecule is CCOC(=O)CC=Cc1cc(C)cc(O)c1. The number of esters is 1. The van der Waals surface area contributed by atoms with Crippen molar-refractivity contribution in [3.63, 3.8) is 0 Å². The molecule has 3 nitrogen and oxygen atoms in total. The Labute approximate surface area is 95.4 Å². The molecule has 16 heavy (non-hydrogen) atoms. The van der Waals surface area contributed by atoms with Gasteiger partial charge in [0.15, 0.2) is 0 Å². The lowest BCUT2D eigenvalue weighted by Crippen LogP contribution is -2.01. The summed E-state index contributed by atoms with van der Waals surface area (Å²) in [5.74, 6) is -0.00795. The van der Waals surface area contributed by atoms with Crippen LogP contribution in [-0.2, 0) is 9.53 Å². The molecule has 1 aromatic rings. The number of ether oxygens (including phenoxy) is 1. The minimum atomic E-state index is -0.240. The predicted molar refractivity (Wildman–Crippen MR) is 63.1 cm³/mol. The van der Waals surface area contributed by atoms with E-state index in [1.165, 1.54) is 0 Å². The summed E-state index contributed by atoms with van der Waals surface area (Å²) in [6.07, 6.45) is 3.78. The number of benzene rings is 1. The lowest BCUT2D eigenvalue weighted by molar-refractivity contribution is -0.142. The molecule has 0 fully saturated rings. The second-order valence-electron chi connectivity index (χ2n) is 3.51. The number of phenols is 1. The van der Waals surface area contributed by atoms with Crippen LogP contribution in [0.25, 0.3) is 6.08 Å². The van der Waals surface area contributed by atoms with Crippen molar-refractivity contribution in [2.24, 2.45) is 0 Å². The maximum atomic E-state index is 11.0. The highest BCUT2D eigenvalue weighted by atomic mass is 16.5. The summed E-state index contributed by atoms with van der Waals surface area (Å²) in [7, 11) is 0. The average molecular weight is 220 g/mol. The van der Waals surface area contributed by atoms with Crippen molar-refractivity contribution in [3.05, 3.63) is 35.4 Å². The van der Waals surface area contributed by atoms with Gasteiger partial charge < -0.3 is 9.84 Å². The number of aryl methyl sites for hydroxylation is 1. The molecule has 0 aliphatic carbocycles. The van der Waals surface area contributed by atoms with E-state index in [0.29, 0.717) is 6.61 Å². The van der Waals surface area contributed by atoms with Crippen molar-refractivity contribution in [2.45, 2.75) is 20.3 Å². The van der Waals surface area contributed by atoms with E-state index >= 15 is 0 Å². The maximum absolute atomic E-state index is 11.0. The van der Waals surface area contributed by atoms with Crippen LogP contribution in [0.5, 0.6) is 5.75 Å². The first-order chi connectivity index (χ1) is 7.61. The Hall–Kier alpha value is -1.77. The minimum Gasteiger partial charge on any atom is -0.508 e. The fraction of sp³-hybridized carbons (Fsp3) is 0.308. The fourth-order valence-corrected chi connectivity index (χ4v) is 1.40. The quantitative estimate of drug-likeness (QED) is 0.793. The molecule has 1 rings (SSSR count). The monoisotopic (exact) mass is 220 g/mol. The van der Waals surface area contributed by atoms with Gasteiger partial charge in [0, 0.05) is 0 Å². The van der Waals surface area contributed by atoms with Gasteiger partial charge in [-0.2, -0.15) is 0 Å². The van der Waals surface area contributed by atoms with Crippen LogP contribution in [0.15, 0.2) is 24.3 Å². The van der Waals surface area contributed by atoms with Gasteiger partial charge in [0.1, 0.15) is 5.75 Å². The van der Waals surface area contributed by atoms with Gasteiger partial charge in [-0.3, -0.25) is 4.79 Å². The van der Waals surface area contributed by atoms with Crippen molar-refractivity contribution in [1.82, 2.24) is 0 Å². The molecule has 0 saturated heterocycles. The maximum Gasteiger partial charge on any atom is 0.309 e. The highest BCUT2D eigenvalue weighted by Gasteiger charge is 1.97. The summed E-state index contributed by atoms with van der Waals surface area (Å²) in [5.41, 5.74) is 1.86. The van der Waals surface area contributed by atoms with Gasteiger partial charge >= 0.3 is 5.97 Å². The molecule has 0 bridgehead atoms. The Kier molecular flexibility index (Phi) is 4.58. The van der Waals surface area contributed by atoms with E-state index in [2.05, 4.69) is 0 Å². The second kappa shape index (κ2) is 5.95. The number of rotatable bonds is 4. The lowest BCUT2D eigenvalue weighted by atomic mass is 10.1. The molecule has 1 aromatic carbocycles. The predicted octanol–water partition coefficient (Wildman–Crippen LogP) is 2.67. The molecule has 0 aliphatic rings. The van der Waals surface area contributed by atoms with E-state index in [1.54, 1.807) is 31.2 Å². The number of hydrogen-bond donors (Lipinski definition) is 1. The van der Waals surface area contributed by atoms with Gasteiger partial charge in [-0.25, -0.2) is 0 Å². The Morgan fingerprint density at radius 2 is 2.19 bits per heavy atom. The topological polar surface area (TPSA) is 46.5 Å². The number of hydrogen-bond acceptors (Lipinski definition) is 3. The number of carbonyl (C=O) groups excluding carboxylic acids is 1. The van der Waals surface area contributed by atoms with Gasteiger partial charge in [0.25, 0.3) is 0 Å². The van der Waals surface area contributed by atoms with Crippen LogP contribution in [0.2, 0.25) is 0 Å². The second-order valence-corrected chi connectivity index (χ2v) is 3.51. The van der Waals surface area contributed by atoms with Gasteiger partial charge in [-0.05, 0) is 37.1 Å². The number of carbonyl (C=O) groups is 1. The summed E-state index contributed by atoms with van der Waals surface area (Å²) in [6.45, 7) is 4.08. The van der Waals surface area contributed by atoms with E-state index < -0.39 is 0 Å². The largest absolute Gasteiger partial charge is 0.508 e. The van der Waals surface area contributed by atoms with Crippen LogP contribution >= 0.6 is 0 Å². The van der Waals surface area contributed by atoms with Crippen molar-refractivity contribution >= 4 is 12.0 Å². The molecule has 0 amide bonds. The van der Waals surface area contributed by atoms with Gasteiger partial charge in [0.2, 0.25) is 0 Å². The molecule has 0 radical (unpaired) electrons. The first-order valence-corrected chi connectivity index (χ1v) is 5.24. The van der Waals surface area contributed by atoms with Crippen LogP contribution in [0.3, 0.4) is 0 Å². The summed E-state index contributed by atoms with van der Waals surface area (Å²) in [6, 6.07) is 5.26. The molecule has 0 atom stereocenters. The van der Waals surface area contributed by atoms with Crippen LogP contribution in [0.1, 0.15) is 24.5 Å². The third kappa shape index (κ3) is 4.17. The molecule has 0 aromatic heterocycles. The summed E-state index contributed by atoms with van der Waals surface area (Å²) >= 11 is 0. The van der Waals surface area contributed by atoms with Crippen molar-refractivity contribution in [3.8, 4) is 5.75 Å². The standard InChI is InChI=1S/C13H16O3/c1-3-16-13(15)6-4-5-11-7-10(2)8-12(14)9-11/h4-5,7-9,14H,3,6H2,1-2H3. The third-order valence-corrected chi connectivity index (χ3v) is 1.98. The highest BCUT2D eigenvalue weighted by Crippen LogP contribution is 2.16. The normalized spacial score (nSPS) is 10.6. The van der Waals surface area contributed by atoms with Crippen LogP contribution in [-0.4, -0.2) is 17.7 Å². The Morgan fingerprint density at radius 3 is 2.81 bits per heavy atom. The first-order valence-electron chi connectivity index (χ1n) is 5.24. The van der Waals surface area contributed by atoms with E-state index in [-0.39, 0.29) is 18.1 Å². The molecule has 0 heterocycles. The van der Waals surface area contributed by atoms with E-state index in [1.807, 2.05) is 13.0 Å². The van der Waals surface area contributed by atoms with Crippen molar-refractivity contribution in [1.29, 1.82) is 0 Å². The molecule has 0 spiro atoms. The Morgan fingerprint density at radius 1 is 1.44 bits per heavy atom. The van der Waals surface area contributed by atoms with Crippen LogP contribution < -0.4 is 0 Å². The summed E-state index contributed by atoms with van der Waals surface area (Å²) < 4.78 is 4.79. The van der Waals surface area contributed by atoms with Gasteiger partial charge in [-0.1, -0.05) is 18.2 Å². The Balaban J connectivity index is 2.59. The average Bonchev–Trinajstić information content (AvgIpc) is 2.16. The van der Waals surface area contributed by atoms with Gasteiger partial charge in [-0.15, -0.1) is 0 Å². The molecule has 0 saturated carbocycles. The lowest BCUT2D eigenvalue weighted by Gasteiger charge is -1.99.